The minimum absolute atomic E-state index is 1.10. The van der Waals surface area contributed by atoms with E-state index in [0.717, 1.165) is 5.56 Å². The highest BCUT2D eigenvalue weighted by Gasteiger charge is 1.74. The highest BCUT2D eigenvalue weighted by atomic mass is 14.8. The van der Waals surface area contributed by atoms with Gasteiger partial charge in [0.2, 0.25) is 0 Å². The molecule has 0 fully saturated rings. The molecule has 0 bridgehead atoms. The van der Waals surface area contributed by atoms with Gasteiger partial charge in [0.1, 0.15) is 6.33 Å². The fraction of sp³-hybridized carbons (Fsp3) is 0.429. The Labute approximate surface area is 56.0 Å². The normalized spacial score (nSPS) is 7.44. The predicted molar refractivity (Wildman–Crippen MR) is 38.1 cm³/mol. The monoisotopic (exact) mass is 124 g/mol. The molecule has 0 saturated carbocycles. The van der Waals surface area contributed by atoms with Crippen molar-refractivity contribution < 1.29 is 0 Å². The van der Waals surface area contributed by atoms with E-state index in [1.807, 2.05) is 20.8 Å². The van der Waals surface area contributed by atoms with Crippen LogP contribution in [0.4, 0.5) is 0 Å². The Morgan fingerprint density at radius 2 is 1.56 bits per heavy atom. The van der Waals surface area contributed by atoms with Crippen molar-refractivity contribution in [2.75, 3.05) is 0 Å². The minimum atomic E-state index is 1.10. The molecule has 50 valence electrons. The molecule has 0 aliphatic carbocycles. The van der Waals surface area contributed by atoms with Gasteiger partial charge >= 0.3 is 0 Å². The Balaban J connectivity index is 0.000000291. The van der Waals surface area contributed by atoms with Crippen molar-refractivity contribution in [1.82, 2.24) is 9.97 Å². The van der Waals surface area contributed by atoms with E-state index < -0.39 is 0 Å². The molecule has 2 nitrogen and oxygen atoms in total. The first-order valence-electron chi connectivity index (χ1n) is 3.11. The second kappa shape index (κ2) is 5.22. The summed E-state index contributed by atoms with van der Waals surface area (Å²) in [6.45, 7) is 5.96. The van der Waals surface area contributed by atoms with Crippen LogP contribution in [0.3, 0.4) is 0 Å². The highest BCUT2D eigenvalue weighted by Crippen LogP contribution is 1.84. The second-order valence-electron chi connectivity index (χ2n) is 1.42. The van der Waals surface area contributed by atoms with Crippen LogP contribution in [0.5, 0.6) is 0 Å². The summed E-state index contributed by atoms with van der Waals surface area (Å²) in [5.41, 5.74) is 1.10. The topological polar surface area (TPSA) is 25.8 Å². The van der Waals surface area contributed by atoms with Gasteiger partial charge in [-0.2, -0.15) is 0 Å². The largest absolute Gasteiger partial charge is 0.245 e. The molecule has 0 aromatic carbocycles. The Morgan fingerprint density at radius 1 is 1.11 bits per heavy atom. The zero-order chi connectivity index (χ0) is 7.11. The van der Waals surface area contributed by atoms with Gasteiger partial charge in [-0.15, -0.1) is 0 Å². The molecule has 1 aromatic rings. The summed E-state index contributed by atoms with van der Waals surface area (Å²) in [5.74, 6) is 0. The van der Waals surface area contributed by atoms with Crippen molar-refractivity contribution in [3.63, 3.8) is 0 Å². The Bertz CT molecular complexity index is 137. The van der Waals surface area contributed by atoms with E-state index in [4.69, 9.17) is 0 Å². The lowest BCUT2D eigenvalue weighted by atomic mass is 10.4. The molecule has 0 saturated heterocycles. The molecule has 0 aliphatic heterocycles. The summed E-state index contributed by atoms with van der Waals surface area (Å²) in [7, 11) is 0. The molecule has 0 aliphatic rings. The van der Waals surface area contributed by atoms with Gasteiger partial charge in [-0.05, 0) is 12.5 Å². The lowest BCUT2D eigenvalue weighted by Crippen LogP contribution is -1.75. The average molecular weight is 124 g/mol. The van der Waals surface area contributed by atoms with E-state index in [1.54, 1.807) is 12.4 Å². The van der Waals surface area contributed by atoms with Crippen LogP contribution in [0, 0.1) is 6.92 Å². The summed E-state index contributed by atoms with van der Waals surface area (Å²) in [4.78, 5) is 7.55. The standard InChI is InChI=1S/C5H6N2.C2H6/c1-5-2-6-4-7-3-5;1-2/h2-4H,1H3;1-2H3. The molecule has 1 aromatic heterocycles. The number of hydrogen-bond acceptors (Lipinski definition) is 2. The fourth-order valence-corrected chi connectivity index (χ4v) is 0.374. The van der Waals surface area contributed by atoms with Gasteiger partial charge in [-0.25, -0.2) is 9.97 Å². The van der Waals surface area contributed by atoms with E-state index in [-0.39, 0.29) is 0 Å². The number of rotatable bonds is 0. The van der Waals surface area contributed by atoms with E-state index >= 15 is 0 Å². The summed E-state index contributed by atoms with van der Waals surface area (Å²) in [5, 5.41) is 0. The van der Waals surface area contributed by atoms with Crippen molar-refractivity contribution in [2.24, 2.45) is 0 Å². The van der Waals surface area contributed by atoms with Gasteiger partial charge in [0, 0.05) is 12.4 Å². The van der Waals surface area contributed by atoms with Crippen molar-refractivity contribution in [3.8, 4) is 0 Å². The molecule has 1 heterocycles. The van der Waals surface area contributed by atoms with Gasteiger partial charge < -0.3 is 0 Å². The van der Waals surface area contributed by atoms with E-state index in [0.29, 0.717) is 0 Å². The third-order valence-corrected chi connectivity index (χ3v) is 0.690. The molecular formula is C7H12N2. The molecular weight excluding hydrogens is 112 g/mol. The Hall–Kier alpha value is -0.920. The summed E-state index contributed by atoms with van der Waals surface area (Å²) in [6, 6.07) is 0. The molecule has 0 unspecified atom stereocenters. The molecule has 0 spiro atoms. The van der Waals surface area contributed by atoms with E-state index in [2.05, 4.69) is 9.97 Å². The number of aromatic nitrogens is 2. The van der Waals surface area contributed by atoms with Crippen LogP contribution >= 0.6 is 0 Å². The van der Waals surface area contributed by atoms with Crippen molar-refractivity contribution >= 4 is 0 Å². The molecule has 2 heteroatoms. The Kier molecular flexibility index (Phi) is 4.69. The molecule has 0 radical (unpaired) electrons. The van der Waals surface area contributed by atoms with Gasteiger partial charge in [-0.3, -0.25) is 0 Å². The molecule has 0 N–H and O–H groups in total. The second-order valence-corrected chi connectivity index (χ2v) is 1.42. The summed E-state index contributed by atoms with van der Waals surface area (Å²) >= 11 is 0. The van der Waals surface area contributed by atoms with Crippen molar-refractivity contribution in [2.45, 2.75) is 20.8 Å². The first-order chi connectivity index (χ1) is 4.39. The fourth-order valence-electron chi connectivity index (χ4n) is 0.374. The SMILES string of the molecule is CC.Cc1cncnc1. The third kappa shape index (κ3) is 3.64. The maximum atomic E-state index is 3.77. The van der Waals surface area contributed by atoms with E-state index in [9.17, 15) is 0 Å². The van der Waals surface area contributed by atoms with Crippen molar-refractivity contribution in [3.05, 3.63) is 24.3 Å². The minimum Gasteiger partial charge on any atom is -0.245 e. The van der Waals surface area contributed by atoms with Gasteiger partial charge in [0.15, 0.2) is 0 Å². The van der Waals surface area contributed by atoms with Crippen LogP contribution in [0.15, 0.2) is 18.7 Å². The lowest BCUT2D eigenvalue weighted by molar-refractivity contribution is 1.13. The smallest absolute Gasteiger partial charge is 0.115 e. The van der Waals surface area contributed by atoms with Crippen LogP contribution in [0.2, 0.25) is 0 Å². The zero-order valence-electron chi connectivity index (χ0n) is 6.13. The van der Waals surface area contributed by atoms with E-state index in [1.165, 1.54) is 6.33 Å². The van der Waals surface area contributed by atoms with Crippen LogP contribution < -0.4 is 0 Å². The summed E-state index contributed by atoms with van der Waals surface area (Å²) in [6.07, 6.45) is 5.06. The van der Waals surface area contributed by atoms with Crippen LogP contribution in [0.25, 0.3) is 0 Å². The zero-order valence-corrected chi connectivity index (χ0v) is 6.13. The predicted octanol–water partition coefficient (Wildman–Crippen LogP) is 1.81. The molecule has 9 heavy (non-hydrogen) atoms. The summed E-state index contributed by atoms with van der Waals surface area (Å²) < 4.78 is 0. The van der Waals surface area contributed by atoms with Gasteiger partial charge in [0.05, 0.1) is 0 Å². The highest BCUT2D eigenvalue weighted by molar-refractivity contribution is 4.96. The quantitative estimate of drug-likeness (QED) is 0.527. The number of aryl methyl sites for hydroxylation is 1. The van der Waals surface area contributed by atoms with Crippen LogP contribution in [-0.4, -0.2) is 9.97 Å². The average Bonchev–Trinajstić information content (AvgIpc) is 1.94. The van der Waals surface area contributed by atoms with Gasteiger partial charge in [0.25, 0.3) is 0 Å². The van der Waals surface area contributed by atoms with Crippen molar-refractivity contribution in [1.29, 1.82) is 0 Å². The van der Waals surface area contributed by atoms with Crippen LogP contribution in [-0.2, 0) is 0 Å². The number of hydrogen-bond donors (Lipinski definition) is 0. The lowest BCUT2D eigenvalue weighted by Gasteiger charge is -1.81. The third-order valence-electron chi connectivity index (χ3n) is 0.690. The van der Waals surface area contributed by atoms with Gasteiger partial charge in [-0.1, -0.05) is 13.8 Å². The Morgan fingerprint density at radius 3 is 1.78 bits per heavy atom. The maximum absolute atomic E-state index is 3.77. The maximum Gasteiger partial charge on any atom is 0.115 e. The molecule has 1 rings (SSSR count). The molecule has 0 amide bonds. The van der Waals surface area contributed by atoms with Crippen LogP contribution in [0.1, 0.15) is 19.4 Å². The first kappa shape index (κ1) is 8.08. The molecule has 0 atom stereocenters. The first-order valence-corrected chi connectivity index (χ1v) is 3.11. The number of nitrogens with zero attached hydrogens (tertiary/aromatic N) is 2.